The van der Waals surface area contributed by atoms with Crippen LogP contribution in [0.4, 0.5) is 15.3 Å². The molecule has 2 aromatic carbocycles. The average Bonchev–Trinajstić information content (AvgIpc) is 3.04. The number of fused-ring (bicyclic) bond motifs is 1. The van der Waals surface area contributed by atoms with Crippen molar-refractivity contribution in [2.45, 2.75) is 51.7 Å². The number of piperidine rings is 1. The summed E-state index contributed by atoms with van der Waals surface area (Å²) in [6, 6.07) is 11.5. The highest BCUT2D eigenvalue weighted by Gasteiger charge is 2.33. The number of carbonyl (C=O) groups is 3. The van der Waals surface area contributed by atoms with Gasteiger partial charge in [-0.1, -0.05) is 41.9 Å². The summed E-state index contributed by atoms with van der Waals surface area (Å²) in [5, 5.41) is 3.68. The van der Waals surface area contributed by atoms with Gasteiger partial charge in [0.1, 0.15) is 0 Å². The number of halogens is 1. The maximum Gasteiger partial charge on any atom is 0.410 e. The molecule has 8 nitrogen and oxygen atoms in total. The highest BCUT2D eigenvalue weighted by atomic mass is 35.5. The highest BCUT2D eigenvalue weighted by Crippen LogP contribution is 2.26. The molecule has 0 bridgehead atoms. The van der Waals surface area contributed by atoms with Crippen molar-refractivity contribution in [3.63, 3.8) is 0 Å². The number of likely N-dealkylation sites (tertiary alicyclic amines) is 1. The van der Waals surface area contributed by atoms with E-state index in [1.807, 2.05) is 55.1 Å². The van der Waals surface area contributed by atoms with Crippen molar-refractivity contribution in [1.82, 2.24) is 9.80 Å². The van der Waals surface area contributed by atoms with Gasteiger partial charge in [0.25, 0.3) is 0 Å². The van der Waals surface area contributed by atoms with Gasteiger partial charge in [-0.25, -0.2) is 14.4 Å². The van der Waals surface area contributed by atoms with Gasteiger partial charge in [-0.3, -0.25) is 0 Å². The zero-order valence-corrected chi connectivity index (χ0v) is 21.6. The van der Waals surface area contributed by atoms with E-state index in [4.69, 9.17) is 21.1 Å². The van der Waals surface area contributed by atoms with E-state index in [0.717, 1.165) is 34.4 Å². The zero-order valence-electron chi connectivity index (χ0n) is 20.9. The number of hydrogen-bond donors (Lipinski definition) is 1. The molecule has 0 unspecified atom stereocenters. The Morgan fingerprint density at radius 3 is 2.44 bits per heavy atom. The van der Waals surface area contributed by atoms with Crippen LogP contribution in [0.5, 0.6) is 0 Å². The van der Waals surface area contributed by atoms with Crippen LogP contribution in [0.15, 0.2) is 36.4 Å². The van der Waals surface area contributed by atoms with Crippen LogP contribution in [-0.4, -0.2) is 66.8 Å². The third-order valence-corrected chi connectivity index (χ3v) is 7.53. The number of benzene rings is 2. The minimum absolute atomic E-state index is 0.0276. The fraction of sp³-hybridized carbons (Fsp3) is 0.444. The molecule has 2 aliphatic heterocycles. The van der Waals surface area contributed by atoms with Crippen molar-refractivity contribution in [1.29, 1.82) is 0 Å². The molecule has 1 N–H and O–H groups in total. The summed E-state index contributed by atoms with van der Waals surface area (Å²) < 4.78 is 10.5. The number of ether oxygens (including phenoxy) is 2. The first-order valence-electron chi connectivity index (χ1n) is 12.2. The SMILES string of the molecule is COC(=O)[C@@H](Cc1cc(C)c(Cl)c(C)c1)OC(=O)N1CCC(N2CCc3ccccc3NC2=O)CC1. The monoisotopic (exact) mass is 513 g/mol. The number of nitrogens with one attached hydrogen (secondary N) is 1. The summed E-state index contributed by atoms with van der Waals surface area (Å²) >= 11 is 6.26. The normalized spacial score (nSPS) is 17.1. The minimum Gasteiger partial charge on any atom is -0.466 e. The molecule has 9 heteroatoms. The van der Waals surface area contributed by atoms with E-state index in [0.29, 0.717) is 37.5 Å². The van der Waals surface area contributed by atoms with Crippen LogP contribution in [0, 0.1) is 13.8 Å². The first-order chi connectivity index (χ1) is 17.3. The molecule has 0 radical (unpaired) electrons. The molecule has 192 valence electrons. The Hall–Kier alpha value is -3.26. The van der Waals surface area contributed by atoms with Gasteiger partial charge < -0.3 is 24.6 Å². The molecule has 0 spiro atoms. The van der Waals surface area contributed by atoms with Gasteiger partial charge in [-0.05, 0) is 61.4 Å². The first-order valence-corrected chi connectivity index (χ1v) is 12.6. The quantitative estimate of drug-likeness (QED) is 0.584. The van der Waals surface area contributed by atoms with Gasteiger partial charge in [-0.2, -0.15) is 0 Å². The smallest absolute Gasteiger partial charge is 0.410 e. The number of rotatable bonds is 5. The summed E-state index contributed by atoms with van der Waals surface area (Å²) in [4.78, 5) is 41.6. The van der Waals surface area contributed by atoms with Crippen molar-refractivity contribution in [2.24, 2.45) is 0 Å². The van der Waals surface area contributed by atoms with Crippen LogP contribution >= 0.6 is 11.6 Å². The van der Waals surface area contributed by atoms with E-state index in [1.54, 1.807) is 4.90 Å². The number of carbonyl (C=O) groups excluding carboxylic acids is 3. The summed E-state index contributed by atoms with van der Waals surface area (Å²) in [7, 11) is 1.28. The number of urea groups is 1. The molecule has 0 aromatic heterocycles. The van der Waals surface area contributed by atoms with Crippen molar-refractivity contribution in [2.75, 3.05) is 32.1 Å². The molecule has 1 atom stereocenters. The predicted octanol–water partition coefficient (Wildman–Crippen LogP) is 4.73. The van der Waals surface area contributed by atoms with E-state index in [2.05, 4.69) is 5.32 Å². The molecule has 0 saturated carbocycles. The third-order valence-electron chi connectivity index (χ3n) is 6.93. The molecule has 1 fully saturated rings. The topological polar surface area (TPSA) is 88.2 Å². The largest absolute Gasteiger partial charge is 0.466 e. The lowest BCUT2D eigenvalue weighted by Gasteiger charge is -2.37. The van der Waals surface area contributed by atoms with Gasteiger partial charge in [0, 0.05) is 42.8 Å². The van der Waals surface area contributed by atoms with Gasteiger partial charge >= 0.3 is 18.1 Å². The Labute approximate surface area is 216 Å². The molecule has 1 saturated heterocycles. The molecule has 3 amide bonds. The van der Waals surface area contributed by atoms with E-state index in [9.17, 15) is 14.4 Å². The number of hydrogen-bond acceptors (Lipinski definition) is 5. The second-order valence-corrected chi connectivity index (χ2v) is 9.77. The van der Waals surface area contributed by atoms with Crippen LogP contribution in [0.3, 0.4) is 0 Å². The standard InChI is InChI=1S/C27H32ClN3O5/c1-17-14-19(15-18(2)24(17)28)16-23(25(32)35-3)36-27(34)30-11-9-21(10-12-30)31-13-8-20-6-4-5-7-22(20)29-26(31)33/h4-7,14-15,21,23H,8-13,16H2,1-3H3,(H,29,33)/t23-/m1/s1. The Bertz CT molecular complexity index is 1120. The first kappa shape index (κ1) is 25.8. The third kappa shape index (κ3) is 5.75. The maximum atomic E-state index is 12.9. The lowest BCUT2D eigenvalue weighted by Crippen LogP contribution is -2.50. The summed E-state index contributed by atoms with van der Waals surface area (Å²) in [6.45, 7) is 5.29. The molecule has 36 heavy (non-hydrogen) atoms. The highest BCUT2D eigenvalue weighted by molar-refractivity contribution is 6.32. The van der Waals surface area contributed by atoms with Crippen LogP contribution < -0.4 is 5.32 Å². The zero-order chi connectivity index (χ0) is 25.8. The van der Waals surface area contributed by atoms with Crippen molar-refractivity contribution < 1.29 is 23.9 Å². The fourth-order valence-electron chi connectivity index (χ4n) is 4.97. The Morgan fingerprint density at radius 2 is 1.78 bits per heavy atom. The second kappa shape index (κ2) is 11.2. The van der Waals surface area contributed by atoms with Gasteiger partial charge in [-0.15, -0.1) is 0 Å². The number of nitrogens with zero attached hydrogens (tertiary/aromatic N) is 2. The molecule has 0 aliphatic carbocycles. The van der Waals surface area contributed by atoms with E-state index in [-0.39, 0.29) is 18.5 Å². The Balaban J connectivity index is 1.35. The van der Waals surface area contributed by atoms with Crippen molar-refractivity contribution >= 4 is 35.4 Å². The fourth-order valence-corrected chi connectivity index (χ4v) is 5.08. The van der Waals surface area contributed by atoms with E-state index >= 15 is 0 Å². The second-order valence-electron chi connectivity index (χ2n) is 9.39. The molecule has 2 aromatic rings. The van der Waals surface area contributed by atoms with Gasteiger partial charge in [0.2, 0.25) is 6.10 Å². The lowest BCUT2D eigenvalue weighted by molar-refractivity contribution is -0.151. The van der Waals surface area contributed by atoms with Gasteiger partial charge in [0.15, 0.2) is 0 Å². The average molecular weight is 514 g/mol. The number of para-hydroxylation sites is 1. The summed E-state index contributed by atoms with van der Waals surface area (Å²) in [5.74, 6) is -0.607. The summed E-state index contributed by atoms with van der Waals surface area (Å²) in [6.07, 6.45) is 0.632. The van der Waals surface area contributed by atoms with Crippen LogP contribution in [0.2, 0.25) is 5.02 Å². The number of methoxy groups -OCH3 is 1. The number of anilines is 1. The van der Waals surface area contributed by atoms with Crippen LogP contribution in [0.25, 0.3) is 0 Å². The Morgan fingerprint density at radius 1 is 1.11 bits per heavy atom. The molecule has 2 aliphatic rings. The van der Waals surface area contributed by atoms with Crippen molar-refractivity contribution in [3.8, 4) is 0 Å². The number of esters is 1. The maximum absolute atomic E-state index is 12.9. The van der Waals surface area contributed by atoms with E-state index in [1.165, 1.54) is 7.11 Å². The number of aryl methyl sites for hydroxylation is 2. The Kier molecular flexibility index (Phi) is 8.04. The summed E-state index contributed by atoms with van der Waals surface area (Å²) in [5.41, 5.74) is 4.60. The molecule has 2 heterocycles. The predicted molar refractivity (Wildman–Crippen MR) is 137 cm³/mol. The van der Waals surface area contributed by atoms with Gasteiger partial charge in [0.05, 0.1) is 7.11 Å². The minimum atomic E-state index is -1.06. The van der Waals surface area contributed by atoms with Crippen molar-refractivity contribution in [3.05, 3.63) is 63.7 Å². The van der Waals surface area contributed by atoms with E-state index < -0.39 is 18.2 Å². The van der Waals surface area contributed by atoms with Crippen LogP contribution in [-0.2, 0) is 27.1 Å². The number of amides is 3. The molecule has 4 rings (SSSR count). The lowest BCUT2D eigenvalue weighted by atomic mass is 10.0. The molecular formula is C27H32ClN3O5. The van der Waals surface area contributed by atoms with Crippen LogP contribution in [0.1, 0.15) is 35.1 Å². The molecular weight excluding hydrogens is 482 g/mol.